The molecule has 0 unspecified atom stereocenters. The Balaban J connectivity index is 2.75. The van der Waals surface area contributed by atoms with Gasteiger partial charge in [-0.25, -0.2) is 4.99 Å². The largest absolute Gasteiger partial charge is 0.358 e. The molecule has 1 rings (SSSR count). The maximum Gasteiger partial charge on any atom is 0.101 e. The second-order valence-electron chi connectivity index (χ2n) is 2.56. The Morgan fingerprint density at radius 3 is 3.00 bits per heavy atom. The fraction of sp³-hybridized carbons (Fsp3) is 0.375. The van der Waals surface area contributed by atoms with Crippen LogP contribution in [0.5, 0.6) is 0 Å². The van der Waals surface area contributed by atoms with Crippen LogP contribution >= 0.6 is 0 Å². The van der Waals surface area contributed by atoms with Crippen LogP contribution in [-0.2, 0) is 0 Å². The Bertz CT molecular complexity index is 205. The van der Waals surface area contributed by atoms with Crippen LogP contribution in [0.2, 0.25) is 0 Å². The Morgan fingerprint density at radius 1 is 1.55 bits per heavy atom. The topological polar surface area (TPSA) is 18.8 Å². The summed E-state index contributed by atoms with van der Waals surface area (Å²) >= 11 is 0. The molecule has 60 valence electrons. The molecule has 1 aliphatic rings. The van der Waals surface area contributed by atoms with Gasteiger partial charge in [-0.3, -0.25) is 0 Å². The molecule has 0 fully saturated rings. The van der Waals surface area contributed by atoms with E-state index in [9.17, 15) is 0 Å². The first-order chi connectivity index (χ1) is 5.22. The van der Waals surface area contributed by atoms with Gasteiger partial charge in [0.15, 0.2) is 0 Å². The summed E-state index contributed by atoms with van der Waals surface area (Å²) in [5, 5.41) is 0. The first-order valence-corrected chi connectivity index (χ1v) is 3.53. The normalized spacial score (nSPS) is 21.5. The maximum absolute atomic E-state index is 4.03. The smallest absolute Gasteiger partial charge is 0.101 e. The average molecular weight is 151 g/mol. The van der Waals surface area contributed by atoms with Crippen LogP contribution in [-0.4, -0.2) is 36.8 Å². The van der Waals surface area contributed by atoms with Crippen molar-refractivity contribution in [2.75, 3.05) is 20.6 Å². The minimum atomic E-state index is 0.862. The average Bonchev–Trinajstić information content (AvgIpc) is 2.00. The summed E-state index contributed by atoms with van der Waals surface area (Å²) in [7, 11) is 3.93. The molecule has 0 bridgehead atoms. The van der Waals surface area contributed by atoms with Crippen LogP contribution in [0.25, 0.3) is 0 Å². The highest BCUT2D eigenvalue weighted by molar-refractivity contribution is 5.58. The van der Waals surface area contributed by atoms with Crippen LogP contribution in [0.4, 0.5) is 0 Å². The highest BCUT2D eigenvalue weighted by atomic mass is 15.3. The number of rotatable bonds is 0. The van der Waals surface area contributed by atoms with Crippen molar-refractivity contribution in [3.63, 3.8) is 0 Å². The van der Waals surface area contributed by atoms with Crippen molar-refractivity contribution in [2.45, 2.75) is 0 Å². The molecule has 0 aromatic rings. The minimum Gasteiger partial charge on any atom is -0.358 e. The standard InChI is InChI=1S/C8H13N3/c1-8-10(2)6-4-5-9-7-11(8)3/h4-5,7H,1,6H2,2-3H3/b5-4-,9-7?. The summed E-state index contributed by atoms with van der Waals surface area (Å²) in [5.41, 5.74) is 0. The second kappa shape index (κ2) is 3.23. The lowest BCUT2D eigenvalue weighted by Gasteiger charge is -2.26. The molecule has 0 aliphatic carbocycles. The van der Waals surface area contributed by atoms with Gasteiger partial charge in [-0.05, 0) is 6.08 Å². The Labute approximate surface area is 67.3 Å². The van der Waals surface area contributed by atoms with E-state index in [0.29, 0.717) is 0 Å². The number of hydrogen-bond donors (Lipinski definition) is 0. The van der Waals surface area contributed by atoms with Crippen molar-refractivity contribution in [2.24, 2.45) is 4.99 Å². The number of nitrogens with zero attached hydrogens (tertiary/aromatic N) is 3. The lowest BCUT2D eigenvalue weighted by atomic mass is 10.5. The van der Waals surface area contributed by atoms with Gasteiger partial charge in [0.2, 0.25) is 0 Å². The number of aliphatic imine (C=N–C) groups is 1. The first kappa shape index (κ1) is 7.85. The zero-order chi connectivity index (χ0) is 8.27. The predicted octanol–water partition coefficient (Wildman–Crippen LogP) is 0.877. The zero-order valence-corrected chi connectivity index (χ0v) is 6.99. The third-order valence-corrected chi connectivity index (χ3v) is 1.66. The van der Waals surface area contributed by atoms with Crippen LogP contribution in [0.1, 0.15) is 0 Å². The molecule has 0 amide bonds. The summed E-state index contributed by atoms with van der Waals surface area (Å²) in [6.07, 6.45) is 5.53. The van der Waals surface area contributed by atoms with E-state index in [4.69, 9.17) is 0 Å². The SMILES string of the molecule is C=C1N(C)C=N/C=C\CN1C. The van der Waals surface area contributed by atoms with E-state index in [-0.39, 0.29) is 0 Å². The quantitative estimate of drug-likeness (QED) is 0.511. The second-order valence-corrected chi connectivity index (χ2v) is 2.56. The van der Waals surface area contributed by atoms with E-state index in [1.54, 1.807) is 12.5 Å². The van der Waals surface area contributed by atoms with E-state index in [1.165, 1.54) is 0 Å². The van der Waals surface area contributed by atoms with Gasteiger partial charge in [-0.1, -0.05) is 6.58 Å². The van der Waals surface area contributed by atoms with Gasteiger partial charge in [-0.15, -0.1) is 0 Å². The van der Waals surface area contributed by atoms with Crippen molar-refractivity contribution in [3.05, 3.63) is 24.7 Å². The van der Waals surface area contributed by atoms with Gasteiger partial charge in [0, 0.05) is 26.8 Å². The lowest BCUT2D eigenvalue weighted by molar-refractivity contribution is 0.366. The van der Waals surface area contributed by atoms with E-state index < -0.39 is 0 Å². The lowest BCUT2D eigenvalue weighted by Crippen LogP contribution is -2.29. The van der Waals surface area contributed by atoms with Gasteiger partial charge >= 0.3 is 0 Å². The van der Waals surface area contributed by atoms with Gasteiger partial charge in [0.05, 0.1) is 6.34 Å². The summed E-state index contributed by atoms with van der Waals surface area (Å²) in [4.78, 5) is 7.98. The third kappa shape index (κ3) is 1.83. The van der Waals surface area contributed by atoms with Gasteiger partial charge in [0.25, 0.3) is 0 Å². The molecule has 0 atom stereocenters. The van der Waals surface area contributed by atoms with E-state index >= 15 is 0 Å². The molecule has 0 saturated carbocycles. The van der Waals surface area contributed by atoms with Crippen molar-refractivity contribution in [3.8, 4) is 0 Å². The van der Waals surface area contributed by atoms with Crippen molar-refractivity contribution in [1.82, 2.24) is 9.80 Å². The van der Waals surface area contributed by atoms with Crippen molar-refractivity contribution >= 4 is 6.34 Å². The molecular weight excluding hydrogens is 138 g/mol. The fourth-order valence-corrected chi connectivity index (χ4v) is 0.846. The molecular formula is C8H13N3. The number of hydrogen-bond acceptors (Lipinski definition) is 3. The molecule has 0 aromatic carbocycles. The Morgan fingerprint density at radius 2 is 2.27 bits per heavy atom. The molecule has 1 aliphatic heterocycles. The third-order valence-electron chi connectivity index (χ3n) is 1.66. The molecule has 0 aromatic heterocycles. The molecule has 11 heavy (non-hydrogen) atoms. The summed E-state index contributed by atoms with van der Waals surface area (Å²) in [6.45, 7) is 4.77. The van der Waals surface area contributed by atoms with Crippen LogP contribution in [0.3, 0.4) is 0 Å². The van der Waals surface area contributed by atoms with E-state index in [1.807, 2.05) is 25.1 Å². The van der Waals surface area contributed by atoms with E-state index in [2.05, 4.69) is 16.5 Å². The Kier molecular flexibility index (Phi) is 2.31. The van der Waals surface area contributed by atoms with Gasteiger partial charge < -0.3 is 9.80 Å². The minimum absolute atomic E-state index is 0.862. The molecule has 0 spiro atoms. The van der Waals surface area contributed by atoms with E-state index in [0.717, 1.165) is 12.4 Å². The van der Waals surface area contributed by atoms with Crippen LogP contribution in [0.15, 0.2) is 29.7 Å². The summed E-state index contributed by atoms with van der Waals surface area (Å²) in [5.74, 6) is 0.957. The molecule has 0 N–H and O–H groups in total. The Hall–Kier alpha value is -1.25. The zero-order valence-electron chi connectivity index (χ0n) is 6.99. The molecule has 3 nitrogen and oxygen atoms in total. The van der Waals surface area contributed by atoms with Gasteiger partial charge in [0.1, 0.15) is 5.82 Å². The van der Waals surface area contributed by atoms with Crippen LogP contribution < -0.4 is 0 Å². The molecule has 0 saturated heterocycles. The van der Waals surface area contributed by atoms with Crippen molar-refractivity contribution < 1.29 is 0 Å². The molecule has 0 radical (unpaired) electrons. The fourth-order valence-electron chi connectivity index (χ4n) is 0.846. The van der Waals surface area contributed by atoms with Crippen molar-refractivity contribution in [1.29, 1.82) is 0 Å². The van der Waals surface area contributed by atoms with Crippen LogP contribution in [0, 0.1) is 0 Å². The first-order valence-electron chi connectivity index (χ1n) is 3.53. The molecule has 1 heterocycles. The number of likely N-dealkylation sites (N-methyl/N-ethyl adjacent to an activating group) is 1. The highest BCUT2D eigenvalue weighted by Crippen LogP contribution is 2.03. The summed E-state index contributed by atoms with van der Waals surface area (Å²) in [6, 6.07) is 0. The maximum atomic E-state index is 4.03. The molecule has 3 heteroatoms. The monoisotopic (exact) mass is 151 g/mol. The predicted molar refractivity (Wildman–Crippen MR) is 47.2 cm³/mol. The highest BCUT2D eigenvalue weighted by Gasteiger charge is 2.04. The van der Waals surface area contributed by atoms with Gasteiger partial charge in [-0.2, -0.15) is 0 Å². The summed E-state index contributed by atoms with van der Waals surface area (Å²) < 4.78 is 0.